The molecule has 0 saturated heterocycles. The normalized spacial score (nSPS) is 10.3. The van der Waals surface area contributed by atoms with E-state index in [0.29, 0.717) is 25.3 Å². The molecule has 1 heterocycles. The second-order valence-electron chi connectivity index (χ2n) is 5.05. The second kappa shape index (κ2) is 8.40. The van der Waals surface area contributed by atoms with Crippen molar-refractivity contribution >= 4 is 50.1 Å². The van der Waals surface area contributed by atoms with Crippen LogP contribution < -0.4 is 5.32 Å². The van der Waals surface area contributed by atoms with Crippen molar-refractivity contribution in [2.75, 3.05) is 5.32 Å². The van der Waals surface area contributed by atoms with Gasteiger partial charge in [-0.3, -0.25) is 10.1 Å². The molecule has 0 aliphatic rings. The zero-order valence-electron chi connectivity index (χ0n) is 13.1. The summed E-state index contributed by atoms with van der Waals surface area (Å²) in [5, 5.41) is 19.7. The van der Waals surface area contributed by atoms with E-state index in [1.165, 1.54) is 35.2 Å². The first kappa shape index (κ1) is 18.5. The predicted molar refractivity (Wildman–Crippen MR) is 103 cm³/mol. The van der Waals surface area contributed by atoms with Crippen LogP contribution in [0.25, 0.3) is 0 Å². The number of nitriles is 1. The Bertz CT molecular complexity index is 985. The van der Waals surface area contributed by atoms with Crippen LogP contribution in [0.3, 0.4) is 0 Å². The van der Waals surface area contributed by atoms with Crippen LogP contribution in [0.5, 0.6) is 0 Å². The smallest absolute Gasteiger partial charge is 0.258 e. The molecule has 3 rings (SSSR count). The molecule has 26 heavy (non-hydrogen) atoms. The molecule has 1 aromatic heterocycles. The lowest BCUT2D eigenvalue weighted by molar-refractivity contribution is 0.102. The number of carbonyl (C=O) groups excluding carboxylic acids is 1. The molecule has 0 saturated carbocycles. The van der Waals surface area contributed by atoms with Crippen molar-refractivity contribution in [2.24, 2.45) is 0 Å². The summed E-state index contributed by atoms with van der Waals surface area (Å²) in [6.45, 7) is 0. The van der Waals surface area contributed by atoms with Crippen LogP contribution >= 0.6 is 39.0 Å². The van der Waals surface area contributed by atoms with E-state index in [4.69, 9.17) is 5.26 Å². The molecule has 2 aromatic carbocycles. The maximum Gasteiger partial charge on any atom is 0.258 e. The number of halogens is 2. The molecule has 0 atom stereocenters. The van der Waals surface area contributed by atoms with Gasteiger partial charge in [0.1, 0.15) is 5.82 Å². The summed E-state index contributed by atoms with van der Waals surface area (Å²) in [5.74, 6) is -0.283. The minimum Gasteiger partial charge on any atom is -0.296 e. The van der Waals surface area contributed by atoms with Gasteiger partial charge in [0.25, 0.3) is 5.91 Å². The lowest BCUT2D eigenvalue weighted by atomic mass is 10.2. The van der Waals surface area contributed by atoms with Crippen LogP contribution in [-0.4, -0.2) is 16.1 Å². The van der Waals surface area contributed by atoms with Gasteiger partial charge in [0, 0.05) is 10.2 Å². The fraction of sp³-hybridized carbons (Fsp3) is 0.0588. The van der Waals surface area contributed by atoms with Crippen molar-refractivity contribution in [1.29, 1.82) is 5.26 Å². The number of anilines is 1. The van der Waals surface area contributed by atoms with Crippen molar-refractivity contribution in [3.05, 3.63) is 69.4 Å². The molecule has 5 nitrogen and oxygen atoms in total. The zero-order valence-corrected chi connectivity index (χ0v) is 16.3. The molecule has 0 unspecified atom stereocenters. The molecule has 0 fully saturated rings. The summed E-state index contributed by atoms with van der Waals surface area (Å²) in [6, 6.07) is 13.3. The molecule has 0 spiro atoms. The Labute approximate surface area is 165 Å². The molecular formula is C17H10BrFN4OS2. The van der Waals surface area contributed by atoms with E-state index >= 15 is 0 Å². The molecule has 0 aliphatic heterocycles. The molecule has 1 N–H and O–H groups in total. The van der Waals surface area contributed by atoms with Crippen LogP contribution in [-0.2, 0) is 5.75 Å². The number of nitrogens with zero attached hydrogens (tertiary/aromatic N) is 3. The third kappa shape index (κ3) is 4.66. The SMILES string of the molecule is N#Cc1ccc(CSc2nnc(NC(=O)c3cc(F)ccc3Br)s2)cc1. The molecule has 0 aliphatic carbocycles. The van der Waals surface area contributed by atoms with Crippen molar-refractivity contribution in [1.82, 2.24) is 10.2 Å². The van der Waals surface area contributed by atoms with Crippen molar-refractivity contribution in [3.8, 4) is 6.07 Å². The van der Waals surface area contributed by atoms with E-state index in [0.717, 1.165) is 11.6 Å². The van der Waals surface area contributed by atoms with E-state index in [-0.39, 0.29) is 5.56 Å². The van der Waals surface area contributed by atoms with E-state index in [9.17, 15) is 9.18 Å². The van der Waals surface area contributed by atoms with Gasteiger partial charge in [0.2, 0.25) is 5.13 Å². The standard InChI is InChI=1S/C17H10BrFN4OS2/c18-14-6-5-12(19)7-13(14)15(24)21-16-22-23-17(26-16)25-9-11-3-1-10(8-20)2-4-11/h1-7H,9H2,(H,21,22,24). The number of hydrogen-bond acceptors (Lipinski definition) is 6. The number of benzene rings is 2. The van der Waals surface area contributed by atoms with Gasteiger partial charge < -0.3 is 0 Å². The van der Waals surface area contributed by atoms with E-state index in [1.807, 2.05) is 12.1 Å². The van der Waals surface area contributed by atoms with Crippen LogP contribution in [0.1, 0.15) is 21.5 Å². The van der Waals surface area contributed by atoms with Crippen LogP contribution in [0.4, 0.5) is 9.52 Å². The first-order valence-electron chi connectivity index (χ1n) is 7.27. The van der Waals surface area contributed by atoms with Gasteiger partial charge in [0.05, 0.1) is 17.2 Å². The number of hydrogen-bond donors (Lipinski definition) is 1. The fourth-order valence-corrected chi connectivity index (χ4v) is 4.10. The zero-order chi connectivity index (χ0) is 18.5. The topological polar surface area (TPSA) is 78.7 Å². The highest BCUT2D eigenvalue weighted by Gasteiger charge is 2.14. The summed E-state index contributed by atoms with van der Waals surface area (Å²) in [6.07, 6.45) is 0. The first-order chi connectivity index (χ1) is 12.5. The predicted octanol–water partition coefficient (Wildman–Crippen LogP) is 4.86. The molecule has 130 valence electrons. The average Bonchev–Trinajstić information content (AvgIpc) is 3.09. The Kier molecular flexibility index (Phi) is 5.98. The third-order valence-electron chi connectivity index (χ3n) is 3.25. The van der Waals surface area contributed by atoms with Gasteiger partial charge in [-0.1, -0.05) is 35.2 Å². The number of thioether (sulfide) groups is 1. The van der Waals surface area contributed by atoms with Crippen molar-refractivity contribution < 1.29 is 9.18 Å². The first-order valence-corrected chi connectivity index (χ1v) is 9.86. The van der Waals surface area contributed by atoms with Crippen LogP contribution in [0.15, 0.2) is 51.3 Å². The molecular weight excluding hydrogens is 439 g/mol. The third-order valence-corrected chi connectivity index (χ3v) is 5.98. The molecule has 3 aromatic rings. The Morgan fingerprint density at radius 3 is 2.77 bits per heavy atom. The quantitative estimate of drug-likeness (QED) is 0.445. The Hall–Kier alpha value is -2.28. The number of rotatable bonds is 5. The average molecular weight is 449 g/mol. The van der Waals surface area contributed by atoms with Gasteiger partial charge in [-0.15, -0.1) is 10.2 Å². The summed E-state index contributed by atoms with van der Waals surface area (Å²) in [4.78, 5) is 12.2. The largest absolute Gasteiger partial charge is 0.296 e. The monoisotopic (exact) mass is 448 g/mol. The minimum absolute atomic E-state index is 0.187. The van der Waals surface area contributed by atoms with Crippen LogP contribution in [0, 0.1) is 17.1 Å². The van der Waals surface area contributed by atoms with Gasteiger partial charge in [-0.25, -0.2) is 4.39 Å². The summed E-state index contributed by atoms with van der Waals surface area (Å²) in [5.41, 5.74) is 1.86. The van der Waals surface area contributed by atoms with Crippen molar-refractivity contribution in [2.45, 2.75) is 10.1 Å². The van der Waals surface area contributed by atoms with E-state index in [2.05, 4.69) is 37.5 Å². The minimum atomic E-state index is -0.491. The van der Waals surface area contributed by atoms with Gasteiger partial charge in [0.15, 0.2) is 4.34 Å². The summed E-state index contributed by atoms with van der Waals surface area (Å²) in [7, 11) is 0. The van der Waals surface area contributed by atoms with Crippen LogP contribution in [0.2, 0.25) is 0 Å². The summed E-state index contributed by atoms with van der Waals surface area (Å²) < 4.78 is 14.5. The van der Waals surface area contributed by atoms with Gasteiger partial charge >= 0.3 is 0 Å². The highest BCUT2D eigenvalue weighted by molar-refractivity contribution is 9.10. The van der Waals surface area contributed by atoms with Crippen molar-refractivity contribution in [3.63, 3.8) is 0 Å². The Balaban J connectivity index is 1.61. The number of nitrogens with one attached hydrogen (secondary N) is 1. The number of carbonyl (C=O) groups is 1. The molecule has 1 amide bonds. The lowest BCUT2D eigenvalue weighted by Gasteiger charge is -2.03. The fourth-order valence-electron chi connectivity index (χ4n) is 1.98. The Morgan fingerprint density at radius 2 is 2.04 bits per heavy atom. The molecule has 0 radical (unpaired) electrons. The highest BCUT2D eigenvalue weighted by Crippen LogP contribution is 2.29. The number of amides is 1. The number of aromatic nitrogens is 2. The Morgan fingerprint density at radius 1 is 1.27 bits per heavy atom. The maximum atomic E-state index is 13.3. The lowest BCUT2D eigenvalue weighted by Crippen LogP contribution is -2.12. The van der Waals surface area contributed by atoms with Gasteiger partial charge in [-0.2, -0.15) is 5.26 Å². The van der Waals surface area contributed by atoms with Gasteiger partial charge in [-0.05, 0) is 51.8 Å². The second-order valence-corrected chi connectivity index (χ2v) is 8.10. The molecule has 9 heteroatoms. The molecule has 0 bridgehead atoms. The maximum absolute atomic E-state index is 13.3. The highest BCUT2D eigenvalue weighted by atomic mass is 79.9. The van der Waals surface area contributed by atoms with E-state index < -0.39 is 11.7 Å². The summed E-state index contributed by atoms with van der Waals surface area (Å²) >= 11 is 5.94. The van der Waals surface area contributed by atoms with E-state index in [1.54, 1.807) is 12.1 Å².